The molecule has 0 amide bonds. The summed E-state index contributed by atoms with van der Waals surface area (Å²) in [6, 6.07) is 46.9. The molecule has 0 saturated heterocycles. The third-order valence-corrected chi connectivity index (χ3v) is 11.1. The van der Waals surface area contributed by atoms with Crippen molar-refractivity contribution in [2.75, 3.05) is 0 Å². The number of nitrogens with zero attached hydrogens (tertiary/aromatic N) is 1. The molecule has 0 radical (unpaired) electrons. The third-order valence-electron chi connectivity index (χ3n) is 9.92. The van der Waals surface area contributed by atoms with Gasteiger partial charge in [0.25, 0.3) is 0 Å². The van der Waals surface area contributed by atoms with E-state index in [4.69, 9.17) is 4.42 Å². The van der Waals surface area contributed by atoms with Crippen LogP contribution >= 0.6 is 11.3 Å². The fourth-order valence-electron chi connectivity index (χ4n) is 7.72. The van der Waals surface area contributed by atoms with E-state index < -0.39 is 0 Å². The van der Waals surface area contributed by atoms with Crippen LogP contribution in [0.4, 0.5) is 0 Å². The maximum absolute atomic E-state index is 6.05. The molecule has 0 unspecified atom stereocenters. The van der Waals surface area contributed by atoms with Crippen molar-refractivity contribution in [1.82, 2.24) is 4.57 Å². The quantitative estimate of drug-likeness (QED) is 0.140. The van der Waals surface area contributed by atoms with E-state index in [2.05, 4.69) is 145 Å². The van der Waals surface area contributed by atoms with E-state index >= 15 is 0 Å². The first kappa shape index (κ1) is 27.2. The Morgan fingerprint density at radius 3 is 2.21 bits per heavy atom. The molecule has 48 heavy (non-hydrogen) atoms. The number of hydrogen-bond donors (Lipinski definition) is 0. The average molecular weight is 632 g/mol. The molecule has 3 aromatic heterocycles. The highest BCUT2D eigenvalue weighted by Gasteiger charge is 2.18. The summed E-state index contributed by atoms with van der Waals surface area (Å²) in [7, 11) is 0. The normalized spacial score (nSPS) is 12.3. The van der Waals surface area contributed by atoms with Crippen LogP contribution in [-0.4, -0.2) is 4.57 Å². The molecule has 10 rings (SSSR count). The van der Waals surface area contributed by atoms with Gasteiger partial charge >= 0.3 is 0 Å². The molecule has 226 valence electrons. The van der Waals surface area contributed by atoms with Gasteiger partial charge < -0.3 is 8.98 Å². The Hall–Kier alpha value is -5.90. The smallest absolute Gasteiger partial charge is 0.134 e. The molecule has 7 aromatic carbocycles. The summed E-state index contributed by atoms with van der Waals surface area (Å²) in [5.74, 6) is 0.912. The SMILES string of the molecule is C=C/C=C\c1c(C)oc2ccc(-c3ccc(-n4c5ccccc5c5ccc6c(ccc7ccc8c9ccccc9sc8c76)c54)cc3)cc12. The number of thiophene rings is 1. The van der Waals surface area contributed by atoms with E-state index in [1.54, 1.807) is 6.08 Å². The Morgan fingerprint density at radius 1 is 0.646 bits per heavy atom. The summed E-state index contributed by atoms with van der Waals surface area (Å²) in [6.07, 6.45) is 5.83. The minimum atomic E-state index is 0.897. The van der Waals surface area contributed by atoms with Gasteiger partial charge in [0.05, 0.1) is 11.0 Å². The molecule has 0 bridgehead atoms. The molecule has 3 heterocycles. The highest BCUT2D eigenvalue weighted by Crippen LogP contribution is 2.44. The van der Waals surface area contributed by atoms with Crippen LogP contribution < -0.4 is 0 Å². The fraction of sp³-hybridized carbons (Fsp3) is 0.0222. The molecule has 0 fully saturated rings. The molecule has 3 heteroatoms. The minimum Gasteiger partial charge on any atom is -0.461 e. The van der Waals surface area contributed by atoms with Crippen molar-refractivity contribution >= 4 is 91.9 Å². The van der Waals surface area contributed by atoms with Crippen LogP contribution in [0.2, 0.25) is 0 Å². The van der Waals surface area contributed by atoms with Crippen molar-refractivity contribution in [3.05, 3.63) is 157 Å². The lowest BCUT2D eigenvalue weighted by Gasteiger charge is -2.12. The molecule has 0 aliphatic rings. The number of fused-ring (bicyclic) bond motifs is 12. The Labute approximate surface area is 281 Å². The predicted molar refractivity (Wildman–Crippen MR) is 208 cm³/mol. The zero-order chi connectivity index (χ0) is 31.9. The van der Waals surface area contributed by atoms with Crippen LogP contribution in [0.15, 0.2) is 151 Å². The van der Waals surface area contributed by atoms with E-state index in [0.29, 0.717) is 0 Å². The van der Waals surface area contributed by atoms with E-state index in [0.717, 1.165) is 33.5 Å². The Kier molecular flexibility index (Phi) is 5.84. The van der Waals surface area contributed by atoms with Gasteiger partial charge in [-0.2, -0.15) is 0 Å². The van der Waals surface area contributed by atoms with E-state index in [9.17, 15) is 0 Å². The van der Waals surface area contributed by atoms with Crippen molar-refractivity contribution in [1.29, 1.82) is 0 Å². The summed E-state index contributed by atoms with van der Waals surface area (Å²) in [4.78, 5) is 0. The fourth-order valence-corrected chi connectivity index (χ4v) is 9.00. The second kappa shape index (κ2) is 10.3. The molecule has 0 saturated carbocycles. The lowest BCUT2D eigenvalue weighted by atomic mass is 9.98. The molecule has 0 N–H and O–H groups in total. The van der Waals surface area contributed by atoms with Gasteiger partial charge in [-0.25, -0.2) is 0 Å². The molecule has 0 aliphatic carbocycles. The predicted octanol–water partition coefficient (Wildman–Crippen LogP) is 13.4. The first-order chi connectivity index (χ1) is 23.7. The van der Waals surface area contributed by atoms with Crippen LogP contribution in [0.3, 0.4) is 0 Å². The van der Waals surface area contributed by atoms with Gasteiger partial charge in [-0.15, -0.1) is 11.3 Å². The first-order valence-electron chi connectivity index (χ1n) is 16.3. The van der Waals surface area contributed by atoms with Crippen LogP contribution in [0.5, 0.6) is 0 Å². The van der Waals surface area contributed by atoms with Crippen molar-refractivity contribution in [3.8, 4) is 16.8 Å². The zero-order valence-corrected chi connectivity index (χ0v) is 27.1. The van der Waals surface area contributed by atoms with Crippen molar-refractivity contribution in [2.24, 2.45) is 0 Å². The average Bonchev–Trinajstić information content (AvgIpc) is 3.78. The van der Waals surface area contributed by atoms with Gasteiger partial charge in [0.2, 0.25) is 0 Å². The number of aryl methyl sites for hydroxylation is 1. The molecular formula is C45H29NOS. The molecule has 0 spiro atoms. The largest absolute Gasteiger partial charge is 0.461 e. The number of benzene rings is 7. The number of aromatic nitrogens is 1. The number of furan rings is 1. The van der Waals surface area contributed by atoms with Crippen LogP contribution in [0.1, 0.15) is 11.3 Å². The summed E-state index contributed by atoms with van der Waals surface area (Å²) >= 11 is 1.90. The van der Waals surface area contributed by atoms with E-state index in [1.807, 2.05) is 24.3 Å². The lowest BCUT2D eigenvalue weighted by Crippen LogP contribution is -1.94. The molecule has 2 nitrogen and oxygen atoms in total. The van der Waals surface area contributed by atoms with Crippen molar-refractivity contribution in [2.45, 2.75) is 6.92 Å². The van der Waals surface area contributed by atoms with Gasteiger partial charge in [0, 0.05) is 58.4 Å². The van der Waals surface area contributed by atoms with Gasteiger partial charge in [-0.1, -0.05) is 116 Å². The second-order valence-electron chi connectivity index (χ2n) is 12.5. The maximum Gasteiger partial charge on any atom is 0.134 e. The van der Waals surface area contributed by atoms with Crippen LogP contribution in [0.25, 0.3) is 97.4 Å². The van der Waals surface area contributed by atoms with Crippen LogP contribution in [0, 0.1) is 6.92 Å². The third kappa shape index (κ3) is 3.86. The molecular weight excluding hydrogens is 603 g/mol. The number of allylic oxidation sites excluding steroid dienone is 2. The Morgan fingerprint density at radius 2 is 1.35 bits per heavy atom. The highest BCUT2D eigenvalue weighted by molar-refractivity contribution is 7.26. The number of rotatable bonds is 4. The lowest BCUT2D eigenvalue weighted by molar-refractivity contribution is 0.577. The van der Waals surface area contributed by atoms with Crippen LogP contribution in [-0.2, 0) is 0 Å². The summed E-state index contributed by atoms with van der Waals surface area (Å²) in [6.45, 7) is 5.85. The van der Waals surface area contributed by atoms with Gasteiger partial charge in [-0.05, 0) is 65.2 Å². The summed E-state index contributed by atoms with van der Waals surface area (Å²) in [5.41, 5.74) is 7.93. The Bertz CT molecular complexity index is 2970. The van der Waals surface area contributed by atoms with E-state index in [1.165, 1.54) is 69.1 Å². The number of hydrogen-bond acceptors (Lipinski definition) is 2. The van der Waals surface area contributed by atoms with Crippen molar-refractivity contribution in [3.63, 3.8) is 0 Å². The standard InChI is InChI=1S/C45H29NOS/c1-3-4-9-32-27(2)47-41-25-18-30(26-39(32)41)28-14-19-31(20-15-28)46-40-12-7-5-10-33(40)36-24-23-35-37(44(36)46)21-16-29-17-22-38-34-11-6-8-13-42(34)48-45(38)43(29)35/h3-26H,1H2,2H3/b9-4-. The zero-order valence-electron chi connectivity index (χ0n) is 26.3. The molecule has 0 atom stereocenters. The van der Waals surface area contributed by atoms with E-state index in [-0.39, 0.29) is 0 Å². The topological polar surface area (TPSA) is 18.1 Å². The minimum absolute atomic E-state index is 0.897. The summed E-state index contributed by atoms with van der Waals surface area (Å²) in [5, 5.41) is 11.5. The monoisotopic (exact) mass is 631 g/mol. The van der Waals surface area contributed by atoms with Crippen molar-refractivity contribution < 1.29 is 4.42 Å². The first-order valence-corrected chi connectivity index (χ1v) is 17.1. The number of para-hydroxylation sites is 1. The van der Waals surface area contributed by atoms with Gasteiger partial charge in [-0.3, -0.25) is 0 Å². The highest BCUT2D eigenvalue weighted by atomic mass is 32.1. The molecule has 0 aliphatic heterocycles. The maximum atomic E-state index is 6.05. The Balaban J connectivity index is 1.20. The summed E-state index contributed by atoms with van der Waals surface area (Å²) < 4.78 is 11.2. The molecule has 10 aromatic rings. The van der Waals surface area contributed by atoms with Gasteiger partial charge in [0.15, 0.2) is 0 Å². The second-order valence-corrected chi connectivity index (χ2v) is 13.6. The van der Waals surface area contributed by atoms with Gasteiger partial charge in [0.1, 0.15) is 11.3 Å².